The molecule has 25 heavy (non-hydrogen) atoms. The number of ether oxygens (including phenoxy) is 1. The van der Waals surface area contributed by atoms with Crippen LogP contribution >= 0.6 is 0 Å². The highest BCUT2D eigenvalue weighted by Gasteiger charge is 2.21. The number of imidazole rings is 1. The summed E-state index contributed by atoms with van der Waals surface area (Å²) >= 11 is 0. The number of Topliss-reactive ketones (excluding diaryl/α,β-unsaturated/α-hetero) is 1. The van der Waals surface area contributed by atoms with E-state index in [0.29, 0.717) is 17.6 Å². The summed E-state index contributed by atoms with van der Waals surface area (Å²) in [5, 5.41) is 2.61. The van der Waals surface area contributed by atoms with Crippen LogP contribution in [0.4, 0.5) is 10.6 Å². The highest BCUT2D eigenvalue weighted by atomic mass is 16.6. The third-order valence-corrected chi connectivity index (χ3v) is 3.52. The van der Waals surface area contributed by atoms with Crippen molar-refractivity contribution in [3.05, 3.63) is 12.7 Å². The van der Waals surface area contributed by atoms with Crippen LogP contribution in [0.3, 0.4) is 0 Å². The van der Waals surface area contributed by atoms with Crippen LogP contribution in [0.15, 0.2) is 12.7 Å². The second-order valence-electron chi connectivity index (χ2n) is 7.02. The number of aromatic nitrogens is 4. The van der Waals surface area contributed by atoms with E-state index in [1.807, 2.05) is 4.57 Å². The minimum Gasteiger partial charge on any atom is -0.444 e. The lowest BCUT2D eigenvalue weighted by atomic mass is 10.1. The normalized spacial score (nSPS) is 12.8. The molecule has 2 aromatic heterocycles. The van der Waals surface area contributed by atoms with Gasteiger partial charge in [0.1, 0.15) is 17.7 Å². The Kier molecular flexibility index (Phi) is 5.71. The Labute approximate surface area is 147 Å². The van der Waals surface area contributed by atoms with Gasteiger partial charge >= 0.3 is 6.09 Å². The summed E-state index contributed by atoms with van der Waals surface area (Å²) in [6, 6.07) is -0.0169. The summed E-state index contributed by atoms with van der Waals surface area (Å²) in [5.41, 5.74) is 0.447. The average molecular weight is 347 g/mol. The largest absolute Gasteiger partial charge is 0.444 e. The Morgan fingerprint density at radius 2 is 2.00 bits per heavy atom. The van der Waals surface area contributed by atoms with E-state index in [0.717, 1.165) is 12.8 Å². The number of nitrogens with zero attached hydrogens (tertiary/aromatic N) is 4. The number of carbonyl (C=O) groups is 2. The Hall–Kier alpha value is -2.51. The van der Waals surface area contributed by atoms with Crippen LogP contribution in [-0.2, 0) is 9.53 Å². The zero-order valence-electron chi connectivity index (χ0n) is 15.4. The number of ketones is 1. The molecule has 0 fully saturated rings. The first kappa shape index (κ1) is 18.8. The molecule has 1 amide bonds. The summed E-state index contributed by atoms with van der Waals surface area (Å²) in [6.45, 7) is 9.00. The summed E-state index contributed by atoms with van der Waals surface area (Å²) < 4.78 is 7.12. The topological polar surface area (TPSA) is 99.0 Å². The van der Waals surface area contributed by atoms with Crippen molar-refractivity contribution in [2.45, 2.75) is 65.5 Å². The van der Waals surface area contributed by atoms with Crippen LogP contribution in [0.2, 0.25) is 0 Å². The molecule has 0 aliphatic rings. The molecule has 2 aromatic rings. The van der Waals surface area contributed by atoms with Gasteiger partial charge in [-0.3, -0.25) is 10.1 Å². The first-order chi connectivity index (χ1) is 11.7. The van der Waals surface area contributed by atoms with Crippen molar-refractivity contribution in [1.29, 1.82) is 0 Å². The van der Waals surface area contributed by atoms with Crippen molar-refractivity contribution in [3.63, 3.8) is 0 Å². The van der Waals surface area contributed by atoms with Gasteiger partial charge in [-0.25, -0.2) is 19.7 Å². The molecule has 136 valence electrons. The first-order valence-corrected chi connectivity index (χ1v) is 8.38. The molecule has 0 unspecified atom stereocenters. The fraction of sp³-hybridized carbons (Fsp3) is 0.588. The summed E-state index contributed by atoms with van der Waals surface area (Å²) in [7, 11) is 0. The van der Waals surface area contributed by atoms with Gasteiger partial charge < -0.3 is 9.30 Å². The van der Waals surface area contributed by atoms with Gasteiger partial charge in [0, 0.05) is 12.5 Å². The third kappa shape index (κ3) is 4.98. The zero-order valence-corrected chi connectivity index (χ0v) is 15.4. The predicted octanol–water partition coefficient (Wildman–Crippen LogP) is 3.49. The van der Waals surface area contributed by atoms with Crippen LogP contribution in [0.25, 0.3) is 11.2 Å². The Morgan fingerprint density at radius 1 is 1.28 bits per heavy atom. The van der Waals surface area contributed by atoms with Crippen LogP contribution < -0.4 is 5.32 Å². The van der Waals surface area contributed by atoms with Crippen LogP contribution in [0, 0.1) is 0 Å². The molecule has 2 rings (SSSR count). The monoisotopic (exact) mass is 347 g/mol. The molecular weight excluding hydrogens is 322 g/mol. The van der Waals surface area contributed by atoms with E-state index in [2.05, 4.69) is 27.2 Å². The van der Waals surface area contributed by atoms with Crippen molar-refractivity contribution in [2.24, 2.45) is 0 Å². The number of anilines is 1. The standard InChI is InChI=1S/C17H25N5O3/c1-6-7-12(8-11(2)23)22-10-20-13-14(18-9-19-15(13)22)21-16(24)25-17(3,4)5/h9-10,12H,6-8H2,1-5H3,(H,18,19,21,24)/t12-/m0/s1. The molecule has 1 N–H and O–H groups in total. The Bertz CT molecular complexity index is 763. The van der Waals surface area contributed by atoms with E-state index < -0.39 is 11.7 Å². The highest BCUT2D eigenvalue weighted by molar-refractivity contribution is 5.93. The first-order valence-electron chi connectivity index (χ1n) is 8.38. The quantitative estimate of drug-likeness (QED) is 0.858. The molecule has 0 bridgehead atoms. The minimum atomic E-state index is -0.608. The lowest BCUT2D eigenvalue weighted by Gasteiger charge is -2.19. The van der Waals surface area contributed by atoms with E-state index in [4.69, 9.17) is 4.74 Å². The maximum atomic E-state index is 12.0. The van der Waals surface area contributed by atoms with Gasteiger partial charge in [-0.2, -0.15) is 0 Å². The second-order valence-corrected chi connectivity index (χ2v) is 7.02. The summed E-state index contributed by atoms with van der Waals surface area (Å²) in [5.74, 6) is 0.400. The zero-order chi connectivity index (χ0) is 18.6. The van der Waals surface area contributed by atoms with Gasteiger partial charge in [-0.15, -0.1) is 0 Å². The number of hydrogen-bond donors (Lipinski definition) is 1. The maximum absolute atomic E-state index is 12.0. The number of carbonyl (C=O) groups excluding carboxylic acids is 2. The number of amides is 1. The number of hydrogen-bond acceptors (Lipinski definition) is 6. The second kappa shape index (κ2) is 7.58. The molecule has 0 aliphatic carbocycles. The fourth-order valence-electron chi connectivity index (χ4n) is 2.62. The molecule has 0 radical (unpaired) electrons. The van der Waals surface area contributed by atoms with Crippen molar-refractivity contribution < 1.29 is 14.3 Å². The Morgan fingerprint density at radius 3 is 2.60 bits per heavy atom. The Balaban J connectivity index is 2.32. The van der Waals surface area contributed by atoms with Crippen molar-refractivity contribution in [1.82, 2.24) is 19.5 Å². The number of rotatable bonds is 6. The molecule has 8 heteroatoms. The van der Waals surface area contributed by atoms with Gasteiger partial charge in [-0.1, -0.05) is 13.3 Å². The lowest BCUT2D eigenvalue weighted by molar-refractivity contribution is -0.117. The van der Waals surface area contributed by atoms with E-state index in [-0.39, 0.29) is 17.6 Å². The van der Waals surface area contributed by atoms with Gasteiger partial charge in [-0.05, 0) is 34.1 Å². The molecule has 2 heterocycles. The minimum absolute atomic E-state index is 0.0169. The van der Waals surface area contributed by atoms with E-state index in [1.165, 1.54) is 6.33 Å². The number of nitrogens with one attached hydrogen (secondary N) is 1. The number of fused-ring (bicyclic) bond motifs is 1. The average Bonchev–Trinajstić information content (AvgIpc) is 2.89. The molecule has 0 saturated heterocycles. The van der Waals surface area contributed by atoms with E-state index >= 15 is 0 Å². The molecular formula is C17H25N5O3. The summed E-state index contributed by atoms with van der Waals surface area (Å²) in [6.07, 6.45) is 4.59. The van der Waals surface area contributed by atoms with Crippen molar-refractivity contribution in [3.8, 4) is 0 Å². The fourth-order valence-corrected chi connectivity index (χ4v) is 2.62. The maximum Gasteiger partial charge on any atom is 0.413 e. The molecule has 0 saturated carbocycles. The van der Waals surface area contributed by atoms with Crippen molar-refractivity contribution in [2.75, 3.05) is 5.32 Å². The molecule has 0 aromatic carbocycles. The van der Waals surface area contributed by atoms with Gasteiger partial charge in [0.15, 0.2) is 17.0 Å². The van der Waals surface area contributed by atoms with E-state index in [1.54, 1.807) is 34.0 Å². The molecule has 0 spiro atoms. The van der Waals surface area contributed by atoms with Crippen LogP contribution in [0.5, 0.6) is 0 Å². The summed E-state index contributed by atoms with van der Waals surface area (Å²) in [4.78, 5) is 36.3. The highest BCUT2D eigenvalue weighted by Crippen LogP contribution is 2.25. The van der Waals surface area contributed by atoms with Gasteiger partial charge in [0.05, 0.1) is 6.33 Å². The lowest BCUT2D eigenvalue weighted by Crippen LogP contribution is -2.27. The van der Waals surface area contributed by atoms with Crippen LogP contribution in [-0.4, -0.2) is 37.0 Å². The van der Waals surface area contributed by atoms with Gasteiger partial charge in [0.2, 0.25) is 0 Å². The van der Waals surface area contributed by atoms with Crippen molar-refractivity contribution >= 4 is 28.9 Å². The molecule has 8 nitrogen and oxygen atoms in total. The van der Waals surface area contributed by atoms with Gasteiger partial charge in [0.25, 0.3) is 0 Å². The third-order valence-electron chi connectivity index (χ3n) is 3.52. The molecule has 1 atom stereocenters. The SMILES string of the molecule is CCC[C@@H](CC(C)=O)n1cnc2c(NC(=O)OC(C)(C)C)ncnc21. The predicted molar refractivity (Wildman–Crippen MR) is 94.4 cm³/mol. The molecule has 0 aliphatic heterocycles. The smallest absolute Gasteiger partial charge is 0.413 e. The van der Waals surface area contributed by atoms with E-state index in [9.17, 15) is 9.59 Å². The van der Waals surface area contributed by atoms with Crippen LogP contribution in [0.1, 0.15) is 59.9 Å².